The number of carbonyl (C=O) groups is 1. The molecule has 0 aliphatic carbocycles. The second kappa shape index (κ2) is 6.61. The minimum atomic E-state index is -0.593. The third-order valence-corrected chi connectivity index (χ3v) is 5.38. The van der Waals surface area contributed by atoms with E-state index in [0.717, 1.165) is 21.1 Å². The van der Waals surface area contributed by atoms with Gasteiger partial charge in [-0.25, -0.2) is 9.66 Å². The highest BCUT2D eigenvalue weighted by molar-refractivity contribution is 9.10. The van der Waals surface area contributed by atoms with Crippen LogP contribution in [-0.2, 0) is 14.9 Å². The van der Waals surface area contributed by atoms with Crippen molar-refractivity contribution in [3.05, 3.63) is 64.9 Å². The third kappa shape index (κ3) is 2.96. The van der Waals surface area contributed by atoms with Gasteiger partial charge in [0.1, 0.15) is 6.33 Å². The summed E-state index contributed by atoms with van der Waals surface area (Å²) in [6, 6.07) is 15.7. The third-order valence-electron chi connectivity index (χ3n) is 4.85. The molecule has 25 heavy (non-hydrogen) atoms. The molecule has 1 aliphatic heterocycles. The van der Waals surface area contributed by atoms with Crippen molar-refractivity contribution >= 4 is 32.9 Å². The lowest BCUT2D eigenvalue weighted by Crippen LogP contribution is -2.46. The molecule has 128 valence electrons. The number of fused-ring (bicyclic) bond motifs is 1. The predicted molar refractivity (Wildman–Crippen MR) is 100.0 cm³/mol. The van der Waals surface area contributed by atoms with E-state index in [0.29, 0.717) is 26.1 Å². The lowest BCUT2D eigenvalue weighted by Gasteiger charge is -2.36. The smallest absolute Gasteiger partial charge is 0.249 e. The molecule has 0 atom stereocenters. The number of para-hydroxylation sites is 2. The minimum Gasteiger partial charge on any atom is -0.381 e. The first-order chi connectivity index (χ1) is 12.2. The maximum Gasteiger partial charge on any atom is 0.249 e. The molecule has 4 rings (SSSR count). The average Bonchev–Trinajstić information content (AvgIpc) is 3.06. The van der Waals surface area contributed by atoms with Crippen LogP contribution in [0.3, 0.4) is 0 Å². The minimum absolute atomic E-state index is 0.0266. The normalized spacial score (nSPS) is 16.7. The summed E-state index contributed by atoms with van der Waals surface area (Å²) in [5.41, 5.74) is 5.20. The summed E-state index contributed by atoms with van der Waals surface area (Å²) in [6.07, 6.45) is 2.97. The maximum atomic E-state index is 13.3. The van der Waals surface area contributed by atoms with Crippen molar-refractivity contribution in [2.45, 2.75) is 18.3 Å². The number of halogens is 1. The van der Waals surface area contributed by atoms with Gasteiger partial charge in [-0.3, -0.25) is 10.2 Å². The second-order valence-corrected chi connectivity index (χ2v) is 7.16. The Labute approximate surface area is 154 Å². The molecule has 0 saturated carbocycles. The number of carbonyl (C=O) groups excluding carboxylic acids is 1. The molecular weight excluding hydrogens is 382 g/mol. The van der Waals surface area contributed by atoms with Crippen LogP contribution in [0.25, 0.3) is 11.0 Å². The summed E-state index contributed by atoms with van der Waals surface area (Å²) in [6.45, 7) is 1.16. The van der Waals surface area contributed by atoms with Crippen LogP contribution in [-0.4, -0.2) is 28.8 Å². The molecule has 1 fully saturated rings. The molecule has 1 aliphatic rings. The number of hydrogen-bond acceptors (Lipinski definition) is 3. The van der Waals surface area contributed by atoms with E-state index < -0.39 is 5.41 Å². The molecule has 6 heteroatoms. The molecule has 2 heterocycles. The summed E-state index contributed by atoms with van der Waals surface area (Å²) in [5.74, 6) is -0.0266. The largest absolute Gasteiger partial charge is 0.381 e. The van der Waals surface area contributed by atoms with Gasteiger partial charge >= 0.3 is 0 Å². The lowest BCUT2D eigenvalue weighted by atomic mass is 9.73. The van der Waals surface area contributed by atoms with E-state index >= 15 is 0 Å². The van der Waals surface area contributed by atoms with Crippen LogP contribution in [0.15, 0.2) is 59.3 Å². The van der Waals surface area contributed by atoms with Crippen molar-refractivity contribution in [3.8, 4) is 0 Å². The Kier molecular flexibility index (Phi) is 4.31. The van der Waals surface area contributed by atoms with E-state index in [4.69, 9.17) is 4.74 Å². The Bertz CT molecular complexity index is 898. The molecule has 2 aromatic carbocycles. The lowest BCUT2D eigenvalue weighted by molar-refractivity contribution is -0.126. The Morgan fingerprint density at radius 1 is 1.12 bits per heavy atom. The number of nitrogens with one attached hydrogen (secondary N) is 1. The van der Waals surface area contributed by atoms with E-state index in [-0.39, 0.29) is 5.91 Å². The van der Waals surface area contributed by atoms with E-state index in [1.54, 1.807) is 11.0 Å². The van der Waals surface area contributed by atoms with Gasteiger partial charge in [0, 0.05) is 17.7 Å². The summed E-state index contributed by atoms with van der Waals surface area (Å²) in [7, 11) is 0. The second-order valence-electron chi connectivity index (χ2n) is 6.25. The Balaban J connectivity index is 1.69. The fraction of sp³-hybridized carbons (Fsp3) is 0.263. The van der Waals surface area contributed by atoms with Crippen LogP contribution in [0.2, 0.25) is 0 Å². The molecule has 5 nitrogen and oxygen atoms in total. The van der Waals surface area contributed by atoms with Crippen molar-refractivity contribution in [1.82, 2.24) is 9.66 Å². The first-order valence-corrected chi connectivity index (χ1v) is 9.06. The first-order valence-electron chi connectivity index (χ1n) is 8.26. The van der Waals surface area contributed by atoms with Gasteiger partial charge in [0.25, 0.3) is 0 Å². The van der Waals surface area contributed by atoms with Crippen LogP contribution >= 0.6 is 15.9 Å². The zero-order valence-electron chi connectivity index (χ0n) is 13.6. The van der Waals surface area contributed by atoms with Crippen molar-refractivity contribution in [1.29, 1.82) is 0 Å². The number of nitrogens with zero attached hydrogens (tertiary/aromatic N) is 2. The Hall–Kier alpha value is -2.18. The van der Waals surface area contributed by atoms with Crippen LogP contribution in [0, 0.1) is 0 Å². The number of benzene rings is 2. The topological polar surface area (TPSA) is 56.2 Å². The zero-order valence-corrected chi connectivity index (χ0v) is 15.2. The molecule has 0 radical (unpaired) electrons. The zero-order chi connectivity index (χ0) is 17.3. The van der Waals surface area contributed by atoms with E-state index in [1.165, 1.54) is 0 Å². The molecule has 3 aromatic rings. The van der Waals surface area contributed by atoms with Gasteiger partial charge < -0.3 is 4.74 Å². The number of amides is 1. The molecule has 1 saturated heterocycles. The van der Waals surface area contributed by atoms with Crippen LogP contribution < -0.4 is 5.43 Å². The van der Waals surface area contributed by atoms with E-state index in [9.17, 15) is 4.79 Å². The van der Waals surface area contributed by atoms with Crippen LogP contribution in [0.4, 0.5) is 0 Å². The van der Waals surface area contributed by atoms with Gasteiger partial charge in [-0.05, 0) is 42.7 Å². The average molecular weight is 400 g/mol. The summed E-state index contributed by atoms with van der Waals surface area (Å²) < 4.78 is 8.22. The number of ether oxygens (including phenoxy) is 1. The predicted octanol–water partition coefficient (Wildman–Crippen LogP) is 3.62. The van der Waals surface area contributed by atoms with Gasteiger partial charge in [-0.15, -0.1) is 0 Å². The number of hydrogen-bond donors (Lipinski definition) is 1. The highest BCUT2D eigenvalue weighted by atomic mass is 79.9. The first kappa shape index (κ1) is 16.3. The summed E-state index contributed by atoms with van der Waals surface area (Å²) in [5, 5.41) is 0. The molecule has 0 spiro atoms. The molecule has 1 amide bonds. The fourth-order valence-electron chi connectivity index (χ4n) is 3.40. The van der Waals surface area contributed by atoms with Crippen LogP contribution in [0.1, 0.15) is 18.4 Å². The highest BCUT2D eigenvalue weighted by Gasteiger charge is 2.42. The standard InChI is InChI=1S/C19H18BrN3O2/c20-15-7-5-14(6-8-15)19(9-11-25-12-10-19)18(24)22-23-13-21-16-3-1-2-4-17(16)23/h1-8,13H,9-12H2,(H,22,24). The van der Waals surface area contributed by atoms with Crippen molar-refractivity contribution in [3.63, 3.8) is 0 Å². The maximum absolute atomic E-state index is 13.3. The fourth-order valence-corrected chi connectivity index (χ4v) is 3.66. The molecule has 1 aromatic heterocycles. The number of aromatic nitrogens is 2. The Morgan fingerprint density at radius 2 is 1.84 bits per heavy atom. The highest BCUT2D eigenvalue weighted by Crippen LogP contribution is 2.36. The van der Waals surface area contributed by atoms with Crippen LogP contribution in [0.5, 0.6) is 0 Å². The van der Waals surface area contributed by atoms with Gasteiger partial charge in [0.2, 0.25) is 5.91 Å². The molecule has 0 bridgehead atoms. The number of imidazole rings is 1. The monoisotopic (exact) mass is 399 g/mol. The van der Waals surface area contributed by atoms with Crippen molar-refractivity contribution in [2.24, 2.45) is 0 Å². The molecule has 1 N–H and O–H groups in total. The van der Waals surface area contributed by atoms with Gasteiger partial charge in [0.15, 0.2) is 0 Å². The van der Waals surface area contributed by atoms with Gasteiger partial charge in [0.05, 0.1) is 16.4 Å². The summed E-state index contributed by atoms with van der Waals surface area (Å²) >= 11 is 3.46. The quantitative estimate of drug-likeness (QED) is 0.731. The van der Waals surface area contributed by atoms with E-state index in [1.807, 2.05) is 48.5 Å². The molecule has 0 unspecified atom stereocenters. The van der Waals surface area contributed by atoms with Gasteiger partial charge in [-0.2, -0.15) is 0 Å². The van der Waals surface area contributed by atoms with Crippen molar-refractivity contribution < 1.29 is 9.53 Å². The van der Waals surface area contributed by atoms with Gasteiger partial charge in [-0.1, -0.05) is 40.2 Å². The molecular formula is C19H18BrN3O2. The SMILES string of the molecule is O=C(Nn1cnc2ccccc21)C1(c2ccc(Br)cc2)CCOCC1. The number of rotatable bonds is 3. The summed E-state index contributed by atoms with van der Waals surface area (Å²) in [4.78, 5) is 17.6. The van der Waals surface area contributed by atoms with E-state index in [2.05, 4.69) is 26.3 Å². The Morgan fingerprint density at radius 3 is 2.60 bits per heavy atom. The van der Waals surface area contributed by atoms with Crippen molar-refractivity contribution in [2.75, 3.05) is 18.6 Å².